The third-order valence-corrected chi connectivity index (χ3v) is 4.72. The Morgan fingerprint density at radius 1 is 0.923 bits per heavy atom. The van der Waals surface area contributed by atoms with E-state index in [0.717, 1.165) is 12.8 Å². The van der Waals surface area contributed by atoms with E-state index in [9.17, 15) is 4.79 Å². The fourth-order valence-electron chi connectivity index (χ4n) is 3.56. The molecular formula is C24H32O2. The minimum atomic E-state index is -0.217. The first-order valence-corrected chi connectivity index (χ1v) is 9.95. The third kappa shape index (κ3) is 6.33. The number of ether oxygens (including phenoxy) is 1. The van der Waals surface area contributed by atoms with Gasteiger partial charge in [0, 0.05) is 13.3 Å². The van der Waals surface area contributed by atoms with E-state index < -0.39 is 0 Å². The summed E-state index contributed by atoms with van der Waals surface area (Å²) < 4.78 is 5.37. The van der Waals surface area contributed by atoms with Crippen molar-refractivity contribution in [3.63, 3.8) is 0 Å². The molecule has 2 aromatic carbocycles. The number of hydrogen-bond donors (Lipinski definition) is 0. The minimum Gasteiger partial charge on any atom is -0.463 e. The fourth-order valence-corrected chi connectivity index (χ4v) is 3.56. The maximum Gasteiger partial charge on any atom is 0.302 e. The van der Waals surface area contributed by atoms with Crippen molar-refractivity contribution in [2.24, 2.45) is 0 Å². The first-order valence-electron chi connectivity index (χ1n) is 9.95. The van der Waals surface area contributed by atoms with Crippen molar-refractivity contribution in [2.45, 2.75) is 71.8 Å². The molecule has 0 aliphatic rings. The summed E-state index contributed by atoms with van der Waals surface area (Å²) in [5.74, 6) is -0.217. The Labute approximate surface area is 158 Å². The molecule has 0 saturated carbocycles. The predicted octanol–water partition coefficient (Wildman–Crippen LogP) is 6.36. The molecule has 0 bridgehead atoms. The summed E-state index contributed by atoms with van der Waals surface area (Å²) in [6.45, 7) is 5.69. The molecule has 0 N–H and O–H groups in total. The highest BCUT2D eigenvalue weighted by Gasteiger charge is 2.14. The van der Waals surface area contributed by atoms with E-state index in [1.807, 2.05) is 6.92 Å². The molecule has 0 aliphatic carbocycles. The monoisotopic (exact) mass is 352 g/mol. The Balaban J connectivity index is 2.23. The Bertz CT molecular complexity index is 676. The van der Waals surface area contributed by atoms with Crippen LogP contribution >= 0.6 is 0 Å². The number of rotatable bonds is 10. The quantitative estimate of drug-likeness (QED) is 0.367. The molecule has 0 spiro atoms. The average molecular weight is 353 g/mol. The largest absolute Gasteiger partial charge is 0.463 e. The lowest BCUT2D eigenvalue weighted by Gasteiger charge is -2.18. The Morgan fingerprint density at radius 2 is 1.62 bits per heavy atom. The van der Waals surface area contributed by atoms with Crippen molar-refractivity contribution in [1.82, 2.24) is 0 Å². The number of esters is 1. The molecule has 0 aromatic heterocycles. The van der Waals surface area contributed by atoms with Gasteiger partial charge in [-0.2, -0.15) is 0 Å². The first-order chi connectivity index (χ1) is 12.6. The van der Waals surface area contributed by atoms with Gasteiger partial charge < -0.3 is 4.74 Å². The zero-order valence-corrected chi connectivity index (χ0v) is 16.5. The van der Waals surface area contributed by atoms with Crippen LogP contribution in [-0.4, -0.2) is 12.1 Å². The molecule has 140 valence electrons. The normalized spacial score (nSPS) is 12.0. The van der Waals surface area contributed by atoms with E-state index in [1.54, 1.807) is 0 Å². The molecule has 0 radical (unpaired) electrons. The number of hydrogen-bond acceptors (Lipinski definition) is 2. The van der Waals surface area contributed by atoms with Gasteiger partial charge in [-0.1, -0.05) is 81.1 Å². The second kappa shape index (κ2) is 10.8. The molecule has 1 unspecified atom stereocenters. The van der Waals surface area contributed by atoms with E-state index in [1.165, 1.54) is 61.3 Å². The van der Waals surface area contributed by atoms with Gasteiger partial charge in [0.15, 0.2) is 0 Å². The Hall–Kier alpha value is -2.09. The van der Waals surface area contributed by atoms with Crippen LogP contribution in [0.25, 0.3) is 11.1 Å². The molecule has 0 fully saturated rings. The van der Waals surface area contributed by atoms with Crippen LogP contribution in [0.3, 0.4) is 0 Å². The van der Waals surface area contributed by atoms with E-state index >= 15 is 0 Å². The van der Waals surface area contributed by atoms with E-state index in [-0.39, 0.29) is 12.1 Å². The van der Waals surface area contributed by atoms with Crippen LogP contribution in [0.15, 0.2) is 48.5 Å². The van der Waals surface area contributed by atoms with Gasteiger partial charge in [0.05, 0.1) is 0 Å². The summed E-state index contributed by atoms with van der Waals surface area (Å²) in [6, 6.07) is 17.2. The van der Waals surface area contributed by atoms with Crippen LogP contribution in [0.4, 0.5) is 0 Å². The molecule has 2 rings (SSSR count). The molecule has 2 heteroatoms. The molecule has 2 nitrogen and oxygen atoms in total. The summed E-state index contributed by atoms with van der Waals surface area (Å²) in [6.07, 6.45) is 8.16. The molecule has 0 amide bonds. The third-order valence-electron chi connectivity index (χ3n) is 4.72. The Morgan fingerprint density at radius 3 is 2.31 bits per heavy atom. The van der Waals surface area contributed by atoms with Gasteiger partial charge in [-0.05, 0) is 42.0 Å². The lowest BCUT2D eigenvalue weighted by Crippen LogP contribution is -2.15. The smallest absolute Gasteiger partial charge is 0.302 e. The van der Waals surface area contributed by atoms with Crippen molar-refractivity contribution >= 4 is 5.97 Å². The van der Waals surface area contributed by atoms with Crippen LogP contribution in [0, 0.1) is 0 Å². The number of aryl methyl sites for hydroxylation is 1. The predicted molar refractivity (Wildman–Crippen MR) is 109 cm³/mol. The van der Waals surface area contributed by atoms with E-state index in [0.29, 0.717) is 0 Å². The van der Waals surface area contributed by atoms with Crippen molar-refractivity contribution in [1.29, 1.82) is 0 Å². The maximum atomic E-state index is 11.3. The van der Waals surface area contributed by atoms with Gasteiger partial charge >= 0.3 is 5.97 Å². The van der Waals surface area contributed by atoms with Gasteiger partial charge in [0.1, 0.15) is 6.10 Å². The lowest BCUT2D eigenvalue weighted by atomic mass is 9.89. The van der Waals surface area contributed by atoms with Crippen LogP contribution < -0.4 is 0 Å². The van der Waals surface area contributed by atoms with E-state index in [2.05, 4.69) is 55.5 Å². The number of unbranched alkanes of at least 4 members (excludes halogenated alkanes) is 4. The molecule has 26 heavy (non-hydrogen) atoms. The van der Waals surface area contributed by atoms with Crippen molar-refractivity contribution in [3.05, 3.63) is 59.7 Å². The van der Waals surface area contributed by atoms with Crippen molar-refractivity contribution < 1.29 is 9.53 Å². The van der Waals surface area contributed by atoms with Crippen LogP contribution in [0.1, 0.15) is 64.0 Å². The SMILES string of the molecule is CCCCCCCc1cccc(CC(C)OC(C)=O)c1-c1ccccc1. The van der Waals surface area contributed by atoms with Gasteiger partial charge in [-0.3, -0.25) is 4.79 Å². The van der Waals surface area contributed by atoms with Crippen LogP contribution in [-0.2, 0) is 22.4 Å². The second-order valence-corrected chi connectivity index (χ2v) is 7.11. The highest BCUT2D eigenvalue weighted by atomic mass is 16.5. The summed E-state index contributed by atoms with van der Waals surface area (Å²) in [4.78, 5) is 11.3. The number of carbonyl (C=O) groups excluding carboxylic acids is 1. The van der Waals surface area contributed by atoms with Gasteiger partial charge in [-0.25, -0.2) is 0 Å². The van der Waals surface area contributed by atoms with Crippen molar-refractivity contribution in [2.75, 3.05) is 0 Å². The van der Waals surface area contributed by atoms with Gasteiger partial charge in [-0.15, -0.1) is 0 Å². The average Bonchev–Trinajstić information content (AvgIpc) is 2.61. The maximum absolute atomic E-state index is 11.3. The van der Waals surface area contributed by atoms with E-state index in [4.69, 9.17) is 4.74 Å². The molecule has 2 aromatic rings. The summed E-state index contributed by atoms with van der Waals surface area (Å²) in [7, 11) is 0. The second-order valence-electron chi connectivity index (χ2n) is 7.11. The molecule has 0 heterocycles. The highest BCUT2D eigenvalue weighted by molar-refractivity contribution is 5.71. The van der Waals surface area contributed by atoms with Gasteiger partial charge in [0.2, 0.25) is 0 Å². The number of carbonyl (C=O) groups is 1. The lowest BCUT2D eigenvalue weighted by molar-refractivity contribution is -0.145. The zero-order valence-electron chi connectivity index (χ0n) is 16.5. The van der Waals surface area contributed by atoms with Gasteiger partial charge in [0.25, 0.3) is 0 Å². The molecule has 0 aliphatic heterocycles. The van der Waals surface area contributed by atoms with Crippen molar-refractivity contribution in [3.8, 4) is 11.1 Å². The molecule has 1 atom stereocenters. The topological polar surface area (TPSA) is 26.3 Å². The fraction of sp³-hybridized carbons (Fsp3) is 0.458. The molecular weight excluding hydrogens is 320 g/mol. The van der Waals surface area contributed by atoms with Crippen LogP contribution in [0.5, 0.6) is 0 Å². The number of benzene rings is 2. The Kier molecular flexibility index (Phi) is 8.40. The van der Waals surface area contributed by atoms with Crippen LogP contribution in [0.2, 0.25) is 0 Å². The standard InChI is InChI=1S/C24H32O2/c1-4-5-6-7-9-13-22-16-12-17-23(18-19(2)26-20(3)25)24(22)21-14-10-8-11-15-21/h8,10-12,14-17,19H,4-7,9,13,18H2,1-3H3. The summed E-state index contributed by atoms with van der Waals surface area (Å²) >= 11 is 0. The summed E-state index contributed by atoms with van der Waals surface area (Å²) in [5.41, 5.74) is 5.24. The highest BCUT2D eigenvalue weighted by Crippen LogP contribution is 2.30. The molecule has 0 saturated heterocycles. The minimum absolute atomic E-state index is 0.116. The summed E-state index contributed by atoms with van der Waals surface area (Å²) in [5, 5.41) is 0. The zero-order chi connectivity index (χ0) is 18.8. The first kappa shape index (κ1) is 20.2.